The molecular weight excluding hydrogens is 342 g/mol. The molecular formula is C21H25N3O3. The fourth-order valence-corrected chi connectivity index (χ4v) is 3.52. The van der Waals surface area contributed by atoms with Crippen molar-refractivity contribution in [2.24, 2.45) is 5.92 Å². The third-order valence-electron chi connectivity index (χ3n) is 4.99. The number of carboxylic acid groups (broad SMARTS) is 1. The minimum Gasteiger partial charge on any atom is -0.481 e. The average molecular weight is 367 g/mol. The van der Waals surface area contributed by atoms with Crippen molar-refractivity contribution in [1.29, 1.82) is 0 Å². The van der Waals surface area contributed by atoms with E-state index in [0.29, 0.717) is 19.4 Å². The van der Waals surface area contributed by atoms with Crippen LogP contribution >= 0.6 is 0 Å². The average Bonchev–Trinajstić information content (AvgIpc) is 2.69. The van der Waals surface area contributed by atoms with Gasteiger partial charge in [-0.05, 0) is 49.4 Å². The van der Waals surface area contributed by atoms with Crippen molar-refractivity contribution in [1.82, 2.24) is 10.3 Å². The molecule has 0 radical (unpaired) electrons. The van der Waals surface area contributed by atoms with Gasteiger partial charge in [0.2, 0.25) is 5.91 Å². The van der Waals surface area contributed by atoms with E-state index in [2.05, 4.69) is 10.3 Å². The van der Waals surface area contributed by atoms with Gasteiger partial charge in [-0.2, -0.15) is 0 Å². The Bertz CT molecular complexity index is 744. The smallest absolute Gasteiger partial charge is 0.306 e. The second-order valence-corrected chi connectivity index (χ2v) is 7.01. The number of aliphatic carboxylic acids is 1. The fraction of sp³-hybridized carbons (Fsp3) is 0.381. The third-order valence-corrected chi connectivity index (χ3v) is 4.99. The maximum atomic E-state index is 12.6. The Kier molecular flexibility index (Phi) is 6.41. The summed E-state index contributed by atoms with van der Waals surface area (Å²) >= 11 is 0. The van der Waals surface area contributed by atoms with E-state index in [1.54, 1.807) is 12.4 Å². The van der Waals surface area contributed by atoms with Crippen molar-refractivity contribution < 1.29 is 14.7 Å². The van der Waals surface area contributed by atoms with E-state index in [4.69, 9.17) is 5.11 Å². The van der Waals surface area contributed by atoms with E-state index in [9.17, 15) is 9.59 Å². The zero-order valence-electron chi connectivity index (χ0n) is 15.3. The van der Waals surface area contributed by atoms with Crippen molar-refractivity contribution in [2.75, 3.05) is 11.4 Å². The molecule has 0 saturated heterocycles. The van der Waals surface area contributed by atoms with Crippen LogP contribution in [0.3, 0.4) is 0 Å². The van der Waals surface area contributed by atoms with E-state index in [-0.39, 0.29) is 24.4 Å². The van der Waals surface area contributed by atoms with Crippen LogP contribution in [0.2, 0.25) is 0 Å². The molecule has 27 heavy (non-hydrogen) atoms. The molecule has 2 N–H and O–H groups in total. The van der Waals surface area contributed by atoms with Crippen LogP contribution in [0.25, 0.3) is 0 Å². The standard InChI is InChI=1S/C21H25N3O3/c25-20(23-18-10-8-17(9-11-18)21(26)27)15-24(19-6-2-1-3-7-19)14-16-5-4-12-22-13-16/h1-7,12-13,17-18H,8-11,14-15H2,(H,23,25)(H,26,27). The molecule has 0 bridgehead atoms. The predicted molar refractivity (Wildman–Crippen MR) is 103 cm³/mol. The lowest BCUT2D eigenvalue weighted by atomic mass is 9.86. The molecule has 0 unspecified atom stereocenters. The SMILES string of the molecule is O=C(CN(Cc1cccnc1)c1ccccc1)NC1CCC(C(=O)O)CC1. The van der Waals surface area contributed by atoms with Gasteiger partial charge in [0.15, 0.2) is 0 Å². The van der Waals surface area contributed by atoms with Crippen LogP contribution in [0.1, 0.15) is 31.2 Å². The summed E-state index contributed by atoms with van der Waals surface area (Å²) in [5, 5.41) is 12.2. The summed E-state index contributed by atoms with van der Waals surface area (Å²) in [5.41, 5.74) is 2.02. The minimum absolute atomic E-state index is 0.0403. The summed E-state index contributed by atoms with van der Waals surface area (Å²) in [5.74, 6) is -1.04. The number of hydrogen-bond donors (Lipinski definition) is 2. The number of anilines is 1. The van der Waals surface area contributed by atoms with Gasteiger partial charge in [0.25, 0.3) is 0 Å². The van der Waals surface area contributed by atoms with Crippen LogP contribution in [0, 0.1) is 5.92 Å². The van der Waals surface area contributed by atoms with Crippen LogP contribution in [0.5, 0.6) is 0 Å². The van der Waals surface area contributed by atoms with Crippen LogP contribution in [-0.2, 0) is 16.1 Å². The molecule has 0 atom stereocenters. The number of nitrogens with zero attached hydrogens (tertiary/aromatic N) is 2. The number of amides is 1. The third kappa shape index (κ3) is 5.54. The van der Waals surface area contributed by atoms with E-state index in [1.165, 1.54) is 0 Å². The summed E-state index contributed by atoms with van der Waals surface area (Å²) < 4.78 is 0. The molecule has 1 aliphatic rings. The fourth-order valence-electron chi connectivity index (χ4n) is 3.52. The summed E-state index contributed by atoms with van der Waals surface area (Å²) in [7, 11) is 0. The van der Waals surface area contributed by atoms with Crippen molar-refractivity contribution in [3.05, 3.63) is 60.4 Å². The van der Waals surface area contributed by atoms with Crippen LogP contribution in [0.4, 0.5) is 5.69 Å². The summed E-state index contributed by atoms with van der Waals surface area (Å²) in [6.07, 6.45) is 6.22. The van der Waals surface area contributed by atoms with E-state index in [1.807, 2.05) is 47.4 Å². The Morgan fingerprint density at radius 3 is 2.44 bits per heavy atom. The van der Waals surface area contributed by atoms with Gasteiger partial charge in [0.1, 0.15) is 0 Å². The molecule has 1 aromatic heterocycles. The first kappa shape index (κ1) is 18.9. The Balaban J connectivity index is 1.60. The summed E-state index contributed by atoms with van der Waals surface area (Å²) in [4.78, 5) is 29.8. The first-order valence-corrected chi connectivity index (χ1v) is 9.33. The van der Waals surface area contributed by atoms with Gasteiger partial charge in [-0.1, -0.05) is 24.3 Å². The van der Waals surface area contributed by atoms with Gasteiger partial charge in [0.05, 0.1) is 12.5 Å². The quantitative estimate of drug-likeness (QED) is 0.786. The van der Waals surface area contributed by atoms with Crippen molar-refractivity contribution >= 4 is 17.6 Å². The molecule has 0 spiro atoms. The summed E-state index contributed by atoms with van der Waals surface area (Å²) in [6.45, 7) is 0.842. The van der Waals surface area contributed by atoms with E-state index in [0.717, 1.165) is 24.1 Å². The van der Waals surface area contributed by atoms with Crippen LogP contribution < -0.4 is 10.2 Å². The lowest BCUT2D eigenvalue weighted by molar-refractivity contribution is -0.142. The zero-order chi connectivity index (χ0) is 19.1. The number of aromatic nitrogens is 1. The molecule has 2 aromatic rings. The van der Waals surface area contributed by atoms with Gasteiger partial charge >= 0.3 is 5.97 Å². The number of carboxylic acids is 1. The number of nitrogens with one attached hydrogen (secondary N) is 1. The molecule has 1 heterocycles. The number of benzene rings is 1. The summed E-state index contributed by atoms with van der Waals surface area (Å²) in [6, 6.07) is 13.8. The molecule has 6 nitrogen and oxygen atoms in total. The number of rotatable bonds is 7. The monoisotopic (exact) mass is 367 g/mol. The predicted octanol–water partition coefficient (Wildman–Crippen LogP) is 2.85. The molecule has 1 saturated carbocycles. The topological polar surface area (TPSA) is 82.5 Å². The highest BCUT2D eigenvalue weighted by Gasteiger charge is 2.27. The van der Waals surface area contributed by atoms with E-state index < -0.39 is 5.97 Å². The van der Waals surface area contributed by atoms with Crippen molar-refractivity contribution in [3.8, 4) is 0 Å². The lowest BCUT2D eigenvalue weighted by Crippen LogP contribution is -2.44. The van der Waals surface area contributed by atoms with Crippen molar-refractivity contribution in [3.63, 3.8) is 0 Å². The minimum atomic E-state index is -0.730. The Morgan fingerprint density at radius 2 is 1.81 bits per heavy atom. The number of para-hydroxylation sites is 1. The zero-order valence-corrected chi connectivity index (χ0v) is 15.3. The van der Waals surface area contributed by atoms with Crippen LogP contribution in [-0.4, -0.2) is 34.6 Å². The molecule has 0 aliphatic heterocycles. The molecule has 1 fully saturated rings. The molecule has 3 rings (SSSR count). The Hall–Kier alpha value is -2.89. The van der Waals surface area contributed by atoms with Gasteiger partial charge in [-0.3, -0.25) is 14.6 Å². The maximum absolute atomic E-state index is 12.6. The molecule has 142 valence electrons. The Labute approximate surface area is 159 Å². The normalized spacial score (nSPS) is 19.3. The van der Waals surface area contributed by atoms with Crippen molar-refractivity contribution in [2.45, 2.75) is 38.3 Å². The molecule has 1 aliphatic carbocycles. The number of carbonyl (C=O) groups is 2. The highest BCUT2D eigenvalue weighted by Crippen LogP contribution is 2.24. The van der Waals surface area contributed by atoms with Gasteiger partial charge in [-0.25, -0.2) is 0 Å². The maximum Gasteiger partial charge on any atom is 0.306 e. The van der Waals surface area contributed by atoms with E-state index >= 15 is 0 Å². The largest absolute Gasteiger partial charge is 0.481 e. The second-order valence-electron chi connectivity index (χ2n) is 7.01. The number of pyridine rings is 1. The van der Waals surface area contributed by atoms with Gasteiger partial charge < -0.3 is 15.3 Å². The van der Waals surface area contributed by atoms with Gasteiger partial charge in [0, 0.05) is 30.7 Å². The first-order valence-electron chi connectivity index (χ1n) is 9.33. The van der Waals surface area contributed by atoms with Gasteiger partial charge in [-0.15, -0.1) is 0 Å². The Morgan fingerprint density at radius 1 is 1.07 bits per heavy atom. The number of carbonyl (C=O) groups excluding carboxylic acids is 1. The van der Waals surface area contributed by atoms with Crippen LogP contribution in [0.15, 0.2) is 54.9 Å². The molecule has 1 amide bonds. The number of hydrogen-bond acceptors (Lipinski definition) is 4. The molecule has 1 aromatic carbocycles. The highest BCUT2D eigenvalue weighted by atomic mass is 16.4. The second kappa shape index (κ2) is 9.16. The highest BCUT2D eigenvalue weighted by molar-refractivity contribution is 5.81. The lowest BCUT2D eigenvalue weighted by Gasteiger charge is -2.29. The molecule has 6 heteroatoms. The first-order chi connectivity index (χ1) is 13.1.